The van der Waals surface area contributed by atoms with Crippen LogP contribution in [-0.4, -0.2) is 4.98 Å². The SMILES string of the molecule is CC(C)Cc1cc(C(C)C)cc(CC(C)(C)C)n1. The Bertz CT molecular complexity index is 383. The van der Waals surface area contributed by atoms with Gasteiger partial charge in [0.15, 0.2) is 0 Å². The Morgan fingerprint density at radius 3 is 2.00 bits per heavy atom. The van der Waals surface area contributed by atoms with Crippen LogP contribution in [0.25, 0.3) is 0 Å². The summed E-state index contributed by atoms with van der Waals surface area (Å²) in [6.45, 7) is 15.9. The molecule has 0 bridgehead atoms. The molecule has 0 N–H and O–H groups in total. The Morgan fingerprint density at radius 2 is 1.56 bits per heavy atom. The van der Waals surface area contributed by atoms with Crippen LogP contribution in [0.3, 0.4) is 0 Å². The van der Waals surface area contributed by atoms with E-state index >= 15 is 0 Å². The summed E-state index contributed by atoms with van der Waals surface area (Å²) in [5, 5.41) is 0. The predicted octanol–water partition coefficient (Wildman–Crippen LogP) is 4.99. The summed E-state index contributed by atoms with van der Waals surface area (Å²) in [6, 6.07) is 4.58. The molecule has 0 radical (unpaired) electrons. The molecule has 1 aromatic rings. The molecular weight excluding hydrogens is 218 g/mol. The zero-order valence-corrected chi connectivity index (χ0v) is 13.2. The minimum atomic E-state index is 0.303. The van der Waals surface area contributed by atoms with Crippen molar-refractivity contribution in [2.24, 2.45) is 11.3 Å². The van der Waals surface area contributed by atoms with Gasteiger partial charge in [-0.3, -0.25) is 4.98 Å². The van der Waals surface area contributed by atoms with Crippen molar-refractivity contribution in [1.29, 1.82) is 0 Å². The van der Waals surface area contributed by atoms with Crippen LogP contribution in [0, 0.1) is 11.3 Å². The van der Waals surface area contributed by atoms with E-state index in [0.29, 0.717) is 17.3 Å². The molecule has 102 valence electrons. The van der Waals surface area contributed by atoms with E-state index in [1.54, 1.807) is 0 Å². The van der Waals surface area contributed by atoms with Crippen molar-refractivity contribution in [3.05, 3.63) is 29.1 Å². The highest BCUT2D eigenvalue weighted by atomic mass is 14.7. The molecule has 18 heavy (non-hydrogen) atoms. The molecular formula is C17H29N. The number of nitrogens with zero attached hydrogens (tertiary/aromatic N) is 1. The van der Waals surface area contributed by atoms with Gasteiger partial charge in [-0.2, -0.15) is 0 Å². The largest absolute Gasteiger partial charge is 0.258 e. The lowest BCUT2D eigenvalue weighted by Crippen LogP contribution is -2.12. The maximum absolute atomic E-state index is 4.84. The zero-order chi connectivity index (χ0) is 13.9. The molecule has 0 aliphatic carbocycles. The van der Waals surface area contributed by atoms with E-state index in [0.717, 1.165) is 12.8 Å². The lowest BCUT2D eigenvalue weighted by molar-refractivity contribution is 0.405. The maximum Gasteiger partial charge on any atom is 0.0415 e. The van der Waals surface area contributed by atoms with Crippen molar-refractivity contribution in [2.45, 2.75) is 67.2 Å². The van der Waals surface area contributed by atoms with Gasteiger partial charge >= 0.3 is 0 Å². The molecule has 1 rings (SSSR count). The minimum Gasteiger partial charge on any atom is -0.258 e. The molecule has 1 aromatic heterocycles. The van der Waals surface area contributed by atoms with Gasteiger partial charge in [-0.1, -0.05) is 48.5 Å². The first-order chi connectivity index (χ1) is 8.17. The number of aromatic nitrogens is 1. The smallest absolute Gasteiger partial charge is 0.0415 e. The van der Waals surface area contributed by atoms with Gasteiger partial charge < -0.3 is 0 Å². The summed E-state index contributed by atoms with van der Waals surface area (Å²) in [7, 11) is 0. The second-order valence-electron chi connectivity index (χ2n) is 7.37. The standard InChI is InChI=1S/C17H29N/c1-12(2)8-15-9-14(13(3)4)10-16(18-15)11-17(5,6)7/h9-10,12-13H,8,11H2,1-7H3. The first kappa shape index (κ1) is 15.2. The number of pyridine rings is 1. The Morgan fingerprint density at radius 1 is 1.00 bits per heavy atom. The second kappa shape index (κ2) is 5.86. The number of rotatable bonds is 4. The molecule has 0 spiro atoms. The van der Waals surface area contributed by atoms with Gasteiger partial charge in [0.05, 0.1) is 0 Å². The van der Waals surface area contributed by atoms with Gasteiger partial charge in [0, 0.05) is 11.4 Å². The lowest BCUT2D eigenvalue weighted by Gasteiger charge is -2.19. The Kier molecular flexibility index (Phi) is 4.95. The average molecular weight is 247 g/mol. The van der Waals surface area contributed by atoms with E-state index < -0.39 is 0 Å². The van der Waals surface area contributed by atoms with E-state index in [-0.39, 0.29) is 0 Å². The van der Waals surface area contributed by atoms with Gasteiger partial charge in [0.1, 0.15) is 0 Å². The highest BCUT2D eigenvalue weighted by molar-refractivity contribution is 5.25. The Hall–Kier alpha value is -0.850. The van der Waals surface area contributed by atoms with Crippen molar-refractivity contribution in [1.82, 2.24) is 4.98 Å². The molecule has 0 atom stereocenters. The van der Waals surface area contributed by atoms with Crippen molar-refractivity contribution >= 4 is 0 Å². The predicted molar refractivity (Wildman–Crippen MR) is 80.0 cm³/mol. The van der Waals surface area contributed by atoms with E-state index in [9.17, 15) is 0 Å². The highest BCUT2D eigenvalue weighted by Crippen LogP contribution is 2.23. The quantitative estimate of drug-likeness (QED) is 0.730. The summed E-state index contributed by atoms with van der Waals surface area (Å²) >= 11 is 0. The molecule has 0 aliphatic rings. The molecule has 0 saturated carbocycles. The molecule has 1 heteroatoms. The summed E-state index contributed by atoms with van der Waals surface area (Å²) in [4.78, 5) is 4.84. The molecule has 0 fully saturated rings. The van der Waals surface area contributed by atoms with Gasteiger partial charge in [-0.15, -0.1) is 0 Å². The number of hydrogen-bond donors (Lipinski definition) is 0. The van der Waals surface area contributed by atoms with Gasteiger partial charge in [-0.05, 0) is 47.8 Å². The van der Waals surface area contributed by atoms with Crippen molar-refractivity contribution in [2.75, 3.05) is 0 Å². The third-order valence-electron chi connectivity index (χ3n) is 2.95. The zero-order valence-electron chi connectivity index (χ0n) is 13.2. The molecule has 0 saturated heterocycles. The third-order valence-corrected chi connectivity index (χ3v) is 2.95. The average Bonchev–Trinajstić information content (AvgIpc) is 2.12. The normalized spacial score (nSPS) is 12.5. The monoisotopic (exact) mass is 247 g/mol. The Labute approximate surface area is 113 Å². The second-order valence-corrected chi connectivity index (χ2v) is 7.37. The van der Waals surface area contributed by atoms with E-state index in [1.807, 2.05) is 0 Å². The third kappa shape index (κ3) is 5.20. The lowest BCUT2D eigenvalue weighted by atomic mass is 9.89. The molecule has 0 aromatic carbocycles. The summed E-state index contributed by atoms with van der Waals surface area (Å²) < 4.78 is 0. The fraction of sp³-hybridized carbons (Fsp3) is 0.706. The fourth-order valence-corrected chi connectivity index (χ4v) is 2.17. The molecule has 1 nitrogen and oxygen atoms in total. The summed E-state index contributed by atoms with van der Waals surface area (Å²) in [5.41, 5.74) is 4.25. The van der Waals surface area contributed by atoms with Crippen LogP contribution < -0.4 is 0 Å². The molecule has 0 amide bonds. The number of hydrogen-bond acceptors (Lipinski definition) is 1. The minimum absolute atomic E-state index is 0.303. The van der Waals surface area contributed by atoms with Crippen LogP contribution in [-0.2, 0) is 12.8 Å². The van der Waals surface area contributed by atoms with Crippen LogP contribution >= 0.6 is 0 Å². The van der Waals surface area contributed by atoms with E-state index in [1.165, 1.54) is 17.0 Å². The van der Waals surface area contributed by atoms with Crippen LogP contribution in [0.5, 0.6) is 0 Å². The summed E-state index contributed by atoms with van der Waals surface area (Å²) in [6.07, 6.45) is 2.14. The van der Waals surface area contributed by atoms with Crippen molar-refractivity contribution < 1.29 is 0 Å². The molecule has 0 unspecified atom stereocenters. The van der Waals surface area contributed by atoms with Crippen LogP contribution in [0.15, 0.2) is 12.1 Å². The molecule has 1 heterocycles. The first-order valence-electron chi connectivity index (χ1n) is 7.17. The van der Waals surface area contributed by atoms with Gasteiger partial charge in [-0.25, -0.2) is 0 Å². The topological polar surface area (TPSA) is 12.9 Å². The van der Waals surface area contributed by atoms with Crippen LogP contribution in [0.4, 0.5) is 0 Å². The van der Waals surface area contributed by atoms with Crippen LogP contribution in [0.1, 0.15) is 71.3 Å². The highest BCUT2D eigenvalue weighted by Gasteiger charge is 2.14. The van der Waals surface area contributed by atoms with E-state index in [4.69, 9.17) is 4.98 Å². The maximum atomic E-state index is 4.84. The van der Waals surface area contributed by atoms with Gasteiger partial charge in [0.25, 0.3) is 0 Å². The molecule has 0 aliphatic heterocycles. The van der Waals surface area contributed by atoms with Gasteiger partial charge in [0.2, 0.25) is 0 Å². The van der Waals surface area contributed by atoms with Crippen LogP contribution in [0.2, 0.25) is 0 Å². The Balaban J connectivity index is 3.06. The van der Waals surface area contributed by atoms with Crippen molar-refractivity contribution in [3.63, 3.8) is 0 Å². The van der Waals surface area contributed by atoms with E-state index in [2.05, 4.69) is 60.6 Å². The fourth-order valence-electron chi connectivity index (χ4n) is 2.17. The summed E-state index contributed by atoms with van der Waals surface area (Å²) in [5.74, 6) is 1.25. The first-order valence-corrected chi connectivity index (χ1v) is 7.17. The van der Waals surface area contributed by atoms with Crippen molar-refractivity contribution in [3.8, 4) is 0 Å².